The number of hydrogen-bond acceptors (Lipinski definition) is 6. The maximum atomic E-state index is 15.6. The number of benzene rings is 2. The van der Waals surface area contributed by atoms with Gasteiger partial charge in [-0.05, 0) is 61.7 Å². The second-order valence-corrected chi connectivity index (χ2v) is 11.8. The Morgan fingerprint density at radius 3 is 2.38 bits per heavy atom. The Morgan fingerprint density at radius 2 is 1.83 bits per heavy atom. The number of aliphatic hydroxyl groups excluding tert-OH is 1. The summed E-state index contributed by atoms with van der Waals surface area (Å²) in [4.78, 5) is 19.2. The molecule has 0 spiro atoms. The van der Waals surface area contributed by atoms with E-state index in [1.807, 2.05) is 30.3 Å². The van der Waals surface area contributed by atoms with Gasteiger partial charge in [0.05, 0.1) is 42.2 Å². The van der Waals surface area contributed by atoms with Gasteiger partial charge in [-0.2, -0.15) is 5.10 Å². The predicted octanol–water partition coefficient (Wildman–Crippen LogP) is 5.65. The van der Waals surface area contributed by atoms with Crippen molar-refractivity contribution in [3.8, 4) is 0 Å². The average molecular weight is 614 g/mol. The first-order valence-electron chi connectivity index (χ1n) is 13.4. The van der Waals surface area contributed by atoms with Crippen molar-refractivity contribution in [2.75, 3.05) is 13.2 Å². The molecule has 2 unspecified atom stereocenters. The zero-order valence-corrected chi connectivity index (χ0v) is 24.7. The smallest absolute Gasteiger partial charge is 0.257 e. The number of pyridine rings is 1. The van der Waals surface area contributed by atoms with Gasteiger partial charge in [0.2, 0.25) is 0 Å². The normalized spacial score (nSPS) is 18.2. The van der Waals surface area contributed by atoms with Crippen molar-refractivity contribution in [1.82, 2.24) is 19.7 Å². The molecule has 0 radical (unpaired) electrons. The zero-order valence-electron chi connectivity index (χ0n) is 23.2. The van der Waals surface area contributed by atoms with E-state index in [9.17, 15) is 15.0 Å². The lowest BCUT2D eigenvalue weighted by Gasteiger charge is -2.27. The van der Waals surface area contributed by atoms with Crippen molar-refractivity contribution in [2.24, 2.45) is 12.5 Å². The van der Waals surface area contributed by atoms with E-state index in [1.54, 1.807) is 25.4 Å². The Morgan fingerprint density at radius 1 is 1.10 bits per heavy atom. The van der Waals surface area contributed by atoms with Crippen LogP contribution in [-0.2, 0) is 23.9 Å². The first-order valence-corrected chi connectivity index (χ1v) is 14.2. The molecule has 2 aromatic carbocycles. The fraction of sp³-hybridized carbons (Fsp3) is 0.323. The van der Waals surface area contributed by atoms with Gasteiger partial charge in [-0.25, -0.2) is 4.39 Å². The molecule has 3 heterocycles. The summed E-state index contributed by atoms with van der Waals surface area (Å²) >= 11 is 11.5. The number of aryl methyl sites for hydroxylation is 1. The molecule has 0 saturated heterocycles. The van der Waals surface area contributed by atoms with Crippen molar-refractivity contribution in [1.29, 1.82) is 0 Å². The molecule has 2 aromatic heterocycles. The highest BCUT2D eigenvalue weighted by atomic mass is 35.5. The highest BCUT2D eigenvalue weighted by molar-refractivity contribution is 6.30. The van der Waals surface area contributed by atoms with Gasteiger partial charge in [0.1, 0.15) is 11.4 Å². The largest absolute Gasteiger partial charge is 0.396 e. The van der Waals surface area contributed by atoms with Crippen LogP contribution in [0.5, 0.6) is 0 Å². The molecule has 2 N–H and O–H groups in total. The minimum atomic E-state index is -1.57. The molecule has 11 heteroatoms. The summed E-state index contributed by atoms with van der Waals surface area (Å²) in [7, 11) is 1.72. The second-order valence-electron chi connectivity index (χ2n) is 10.9. The number of fused-ring (bicyclic) bond motifs is 1. The Hall–Kier alpha value is -3.34. The Kier molecular flexibility index (Phi) is 8.68. The zero-order chi connectivity index (χ0) is 30.1. The topological polar surface area (TPSA) is 101 Å². The Labute approximate surface area is 253 Å². The fourth-order valence-electron chi connectivity index (χ4n) is 4.78. The fourth-order valence-corrected chi connectivity index (χ4v) is 5.04. The molecule has 2 aliphatic rings. The van der Waals surface area contributed by atoms with Crippen molar-refractivity contribution in [3.05, 3.63) is 117 Å². The van der Waals surface area contributed by atoms with Gasteiger partial charge >= 0.3 is 0 Å². The van der Waals surface area contributed by atoms with E-state index in [2.05, 4.69) is 10.1 Å². The number of aliphatic hydroxyl groups is 2. The molecule has 0 bridgehead atoms. The summed E-state index contributed by atoms with van der Waals surface area (Å²) in [5.41, 5.74) is -0.416. The molecule has 6 rings (SSSR count). The van der Waals surface area contributed by atoms with Crippen LogP contribution in [-0.4, -0.2) is 49.0 Å². The maximum absolute atomic E-state index is 15.6. The Balaban J connectivity index is 0.000000442. The first kappa shape index (κ1) is 30.1. The van der Waals surface area contributed by atoms with Crippen molar-refractivity contribution in [2.45, 2.75) is 38.1 Å². The van der Waals surface area contributed by atoms with Crippen LogP contribution in [0.4, 0.5) is 4.39 Å². The number of halogens is 3. The summed E-state index contributed by atoms with van der Waals surface area (Å²) in [6.45, 7) is 1.77. The molecule has 42 heavy (non-hydrogen) atoms. The van der Waals surface area contributed by atoms with E-state index in [4.69, 9.17) is 27.9 Å². The van der Waals surface area contributed by atoms with E-state index < -0.39 is 23.6 Å². The molecular weight excluding hydrogens is 582 g/mol. The first-order chi connectivity index (χ1) is 20.0. The molecule has 4 aromatic rings. The van der Waals surface area contributed by atoms with Crippen LogP contribution in [0.1, 0.15) is 58.7 Å². The summed E-state index contributed by atoms with van der Waals surface area (Å²) in [5, 5.41) is 26.3. The molecule has 1 fully saturated rings. The van der Waals surface area contributed by atoms with E-state index in [0.717, 1.165) is 17.9 Å². The van der Waals surface area contributed by atoms with Gasteiger partial charge in [-0.15, -0.1) is 0 Å². The highest BCUT2D eigenvalue weighted by Crippen LogP contribution is 2.48. The lowest BCUT2D eigenvalue weighted by molar-refractivity contribution is -0.0676. The average Bonchev–Trinajstić information content (AvgIpc) is 3.54. The van der Waals surface area contributed by atoms with Gasteiger partial charge < -0.3 is 19.8 Å². The lowest BCUT2D eigenvalue weighted by Crippen LogP contribution is -2.31. The van der Waals surface area contributed by atoms with Crippen molar-refractivity contribution in [3.63, 3.8) is 0 Å². The van der Waals surface area contributed by atoms with Crippen LogP contribution in [0.3, 0.4) is 0 Å². The molecule has 8 nitrogen and oxygen atoms in total. The molecule has 2 atom stereocenters. The number of carbonyl (C=O) groups excluding carboxylic acids is 1. The van der Waals surface area contributed by atoms with Crippen LogP contribution in [0, 0.1) is 11.2 Å². The summed E-state index contributed by atoms with van der Waals surface area (Å²) < 4.78 is 23.3. The summed E-state index contributed by atoms with van der Waals surface area (Å²) in [5.74, 6) is -1.08. The molecule has 1 aliphatic carbocycles. The number of carbonyl (C=O) groups is 1. The second kappa shape index (κ2) is 12.1. The number of nitrogens with zero attached hydrogens (tertiary/aromatic N) is 4. The molecule has 220 valence electrons. The number of rotatable bonds is 8. The van der Waals surface area contributed by atoms with Crippen LogP contribution in [0.25, 0.3) is 0 Å². The standard InChI is InChI=1S/C25H26ClFN4O4.C6H5Cl/c1-24(34,16-9-29-30(2)11-16)15-7-19-21(20(27)8-15)23(35-14-25(13-32)5-6-25)31(22(19)33)12-18-4-3-17(26)10-28-18;7-6-4-2-1-3-5-6/h3-4,7-11,23,32,34H,5-6,12-14H2,1-2H3;1-5H. The number of amides is 1. The van der Waals surface area contributed by atoms with Crippen LogP contribution < -0.4 is 0 Å². The van der Waals surface area contributed by atoms with Gasteiger partial charge in [0, 0.05) is 41.0 Å². The Bertz CT molecular complexity index is 1560. The van der Waals surface area contributed by atoms with Crippen LogP contribution in [0.2, 0.25) is 10.0 Å². The van der Waals surface area contributed by atoms with E-state index in [0.29, 0.717) is 16.3 Å². The molecule has 1 aliphatic heterocycles. The minimum Gasteiger partial charge on any atom is -0.396 e. The number of hydrogen-bond donors (Lipinski definition) is 2. The molecule has 1 saturated carbocycles. The van der Waals surface area contributed by atoms with E-state index >= 15 is 4.39 Å². The van der Waals surface area contributed by atoms with E-state index in [-0.39, 0.29) is 41.9 Å². The minimum absolute atomic E-state index is 0.0331. The highest BCUT2D eigenvalue weighted by Gasteiger charge is 2.47. The van der Waals surface area contributed by atoms with Crippen LogP contribution in [0.15, 0.2) is 73.2 Å². The van der Waals surface area contributed by atoms with Gasteiger partial charge in [-0.1, -0.05) is 41.4 Å². The third-order valence-electron chi connectivity index (χ3n) is 7.67. The van der Waals surface area contributed by atoms with E-state index in [1.165, 1.54) is 41.0 Å². The predicted molar refractivity (Wildman–Crippen MR) is 156 cm³/mol. The number of ether oxygens (including phenoxy) is 1. The number of aromatic nitrogens is 3. The van der Waals surface area contributed by atoms with Gasteiger partial charge in [0.15, 0.2) is 6.23 Å². The van der Waals surface area contributed by atoms with Crippen LogP contribution >= 0.6 is 23.2 Å². The maximum Gasteiger partial charge on any atom is 0.257 e. The molecular formula is C31H31Cl2FN4O4. The van der Waals surface area contributed by atoms with Gasteiger partial charge in [0.25, 0.3) is 5.91 Å². The third kappa shape index (κ3) is 6.35. The van der Waals surface area contributed by atoms with Gasteiger partial charge in [-0.3, -0.25) is 14.5 Å². The quantitative estimate of drug-likeness (QED) is 0.267. The SMILES string of the molecule is Clc1ccccc1.Cn1cc(C(C)(O)c2cc(F)c3c(c2)C(=O)N(Cc2ccc(Cl)cn2)C3OCC2(CO)CC2)cn1. The molecule has 1 amide bonds. The van der Waals surface area contributed by atoms with Crippen molar-refractivity contribution >= 4 is 29.1 Å². The monoisotopic (exact) mass is 612 g/mol. The lowest BCUT2D eigenvalue weighted by atomic mass is 9.88. The summed E-state index contributed by atoms with van der Waals surface area (Å²) in [6.07, 6.45) is 5.25. The van der Waals surface area contributed by atoms with Crippen molar-refractivity contribution < 1.29 is 24.1 Å². The summed E-state index contributed by atoms with van der Waals surface area (Å²) in [6, 6.07) is 15.6. The third-order valence-corrected chi connectivity index (χ3v) is 8.15.